The maximum Gasteiger partial charge on any atom is 0.292 e. The Balaban J connectivity index is 2.01. The van der Waals surface area contributed by atoms with Gasteiger partial charge < -0.3 is 9.72 Å². The number of benzene rings is 1. The van der Waals surface area contributed by atoms with E-state index >= 15 is 0 Å². The molecule has 1 aromatic heterocycles. The molecule has 3 rings (SSSR count). The van der Waals surface area contributed by atoms with Crippen LogP contribution in [0.2, 0.25) is 0 Å². The molecular formula is C14H14BrN3O2. The van der Waals surface area contributed by atoms with Crippen molar-refractivity contribution in [3.63, 3.8) is 0 Å². The largest absolute Gasteiger partial charge is 0.451 e. The van der Waals surface area contributed by atoms with Crippen molar-refractivity contribution in [2.45, 2.75) is 18.9 Å². The lowest BCUT2D eigenvalue weighted by Gasteiger charge is -2.16. The Hall–Kier alpha value is -1.82. The molecule has 104 valence electrons. The van der Waals surface area contributed by atoms with E-state index in [-0.39, 0.29) is 17.8 Å². The molecule has 0 unspecified atom stereocenters. The third-order valence-corrected chi connectivity index (χ3v) is 4.22. The molecular weight excluding hydrogens is 322 g/mol. The van der Waals surface area contributed by atoms with Gasteiger partial charge in [0.15, 0.2) is 6.10 Å². The van der Waals surface area contributed by atoms with Crippen LogP contribution in [0, 0.1) is 0 Å². The van der Waals surface area contributed by atoms with Crippen molar-refractivity contribution < 1.29 is 9.53 Å². The van der Waals surface area contributed by atoms with Gasteiger partial charge in [0.05, 0.1) is 0 Å². The zero-order valence-corrected chi connectivity index (χ0v) is 12.7. The third kappa shape index (κ3) is 2.00. The molecule has 0 bridgehead atoms. The number of H-pyrrole nitrogens is 1. The van der Waals surface area contributed by atoms with Crippen LogP contribution in [0.3, 0.4) is 0 Å². The molecule has 1 aliphatic rings. The molecule has 2 heterocycles. The zero-order valence-electron chi connectivity index (χ0n) is 11.1. The highest BCUT2D eigenvalue weighted by molar-refractivity contribution is 9.10. The molecule has 2 aromatic rings. The van der Waals surface area contributed by atoms with Crippen molar-refractivity contribution in [2.24, 2.45) is 4.99 Å². The summed E-state index contributed by atoms with van der Waals surface area (Å²) in [6.07, 6.45) is 1.37. The molecule has 2 atom stereocenters. The first-order chi connectivity index (χ1) is 9.61. The number of aliphatic imine (C=N–C) groups is 1. The summed E-state index contributed by atoms with van der Waals surface area (Å²) in [7, 11) is 1.59. The number of hydrogen-bond donors (Lipinski definition) is 2. The molecule has 1 aliphatic heterocycles. The molecule has 0 radical (unpaired) electrons. The van der Waals surface area contributed by atoms with Gasteiger partial charge in [-0.15, -0.1) is 0 Å². The van der Waals surface area contributed by atoms with Crippen molar-refractivity contribution in [1.29, 1.82) is 0 Å². The van der Waals surface area contributed by atoms with Crippen LogP contribution in [-0.4, -0.2) is 30.1 Å². The normalized spacial score (nSPS) is 22.1. The smallest absolute Gasteiger partial charge is 0.292 e. The number of nitrogens with zero attached hydrogens (tertiary/aromatic N) is 1. The lowest BCUT2D eigenvalue weighted by Crippen LogP contribution is -2.28. The molecule has 0 aliphatic carbocycles. The highest BCUT2D eigenvalue weighted by Gasteiger charge is 2.37. The van der Waals surface area contributed by atoms with Gasteiger partial charge >= 0.3 is 0 Å². The Bertz CT molecular complexity index is 708. The van der Waals surface area contributed by atoms with Crippen LogP contribution in [0.15, 0.2) is 33.9 Å². The van der Waals surface area contributed by atoms with Gasteiger partial charge in [0.2, 0.25) is 0 Å². The second-order valence-corrected chi connectivity index (χ2v) is 5.61. The SMILES string of the molecule is CN=C1NC(=O)[C@H]([C@H](C)c2c[nH]c3cccc(Br)c23)O1. The van der Waals surface area contributed by atoms with Crippen molar-refractivity contribution in [3.05, 3.63) is 34.4 Å². The summed E-state index contributed by atoms with van der Waals surface area (Å²) in [6.45, 7) is 1.98. The number of rotatable bonds is 2. The molecule has 0 spiro atoms. The van der Waals surface area contributed by atoms with Crippen molar-refractivity contribution in [1.82, 2.24) is 10.3 Å². The second-order valence-electron chi connectivity index (χ2n) is 4.75. The molecule has 20 heavy (non-hydrogen) atoms. The number of carbonyl (C=O) groups is 1. The van der Waals surface area contributed by atoms with Crippen molar-refractivity contribution >= 4 is 38.8 Å². The predicted octanol–water partition coefficient (Wildman–Crippen LogP) is 2.53. The number of hydrogen-bond acceptors (Lipinski definition) is 3. The van der Waals surface area contributed by atoms with Crippen LogP contribution in [-0.2, 0) is 9.53 Å². The lowest BCUT2D eigenvalue weighted by molar-refractivity contribution is -0.124. The summed E-state index contributed by atoms with van der Waals surface area (Å²) in [4.78, 5) is 19.1. The zero-order chi connectivity index (χ0) is 14.3. The van der Waals surface area contributed by atoms with E-state index in [1.807, 2.05) is 31.3 Å². The second kappa shape index (κ2) is 4.94. The summed E-state index contributed by atoms with van der Waals surface area (Å²) in [5.41, 5.74) is 2.08. The van der Waals surface area contributed by atoms with E-state index in [1.165, 1.54) is 0 Å². The molecule has 1 aromatic carbocycles. The number of aromatic amines is 1. The van der Waals surface area contributed by atoms with Crippen molar-refractivity contribution in [2.75, 3.05) is 7.05 Å². The summed E-state index contributed by atoms with van der Waals surface area (Å²) >= 11 is 3.56. The van der Waals surface area contributed by atoms with Crippen LogP contribution < -0.4 is 5.32 Å². The average Bonchev–Trinajstić information content (AvgIpc) is 3.02. The fourth-order valence-electron chi connectivity index (χ4n) is 2.51. The van der Waals surface area contributed by atoms with E-state index in [9.17, 15) is 4.79 Å². The van der Waals surface area contributed by atoms with E-state index in [0.717, 1.165) is 20.9 Å². The topological polar surface area (TPSA) is 66.5 Å². The minimum Gasteiger partial charge on any atom is -0.451 e. The fraction of sp³-hybridized carbons (Fsp3) is 0.286. The van der Waals surface area contributed by atoms with Gasteiger partial charge in [-0.1, -0.05) is 28.9 Å². The Morgan fingerprint density at radius 3 is 2.95 bits per heavy atom. The molecule has 1 saturated heterocycles. The Labute approximate surface area is 124 Å². The Kier molecular flexibility index (Phi) is 3.25. The quantitative estimate of drug-likeness (QED) is 0.885. The summed E-state index contributed by atoms with van der Waals surface area (Å²) in [5.74, 6) is -0.235. The van der Waals surface area contributed by atoms with Gasteiger partial charge in [0.1, 0.15) is 0 Å². The van der Waals surface area contributed by atoms with Crippen LogP contribution in [0.4, 0.5) is 0 Å². The summed E-state index contributed by atoms with van der Waals surface area (Å²) in [5, 5.41) is 3.71. The van der Waals surface area contributed by atoms with Gasteiger partial charge in [0.25, 0.3) is 11.9 Å². The van der Waals surface area contributed by atoms with Gasteiger partial charge in [0, 0.05) is 34.5 Å². The van der Waals surface area contributed by atoms with Crippen LogP contribution >= 0.6 is 15.9 Å². The number of halogens is 1. The van der Waals surface area contributed by atoms with Crippen LogP contribution in [0.25, 0.3) is 10.9 Å². The van der Waals surface area contributed by atoms with Gasteiger partial charge in [-0.25, -0.2) is 4.99 Å². The Morgan fingerprint density at radius 1 is 1.45 bits per heavy atom. The fourth-order valence-corrected chi connectivity index (χ4v) is 3.10. The van der Waals surface area contributed by atoms with Gasteiger partial charge in [-0.2, -0.15) is 0 Å². The minimum absolute atomic E-state index is 0.0818. The lowest BCUT2D eigenvalue weighted by atomic mass is 9.94. The number of amides is 1. The van der Waals surface area contributed by atoms with Crippen LogP contribution in [0.5, 0.6) is 0 Å². The van der Waals surface area contributed by atoms with Gasteiger partial charge in [-0.3, -0.25) is 10.1 Å². The third-order valence-electron chi connectivity index (χ3n) is 3.56. The summed E-state index contributed by atoms with van der Waals surface area (Å²) < 4.78 is 6.56. The molecule has 2 N–H and O–H groups in total. The standard InChI is InChI=1S/C14H14BrN3O2/c1-7(12-13(19)18-14(16-2)20-12)8-6-17-10-5-3-4-9(15)11(8)10/h3-7,12,17H,1-2H3,(H,16,18,19)/t7-,12+/m1/s1. The monoisotopic (exact) mass is 335 g/mol. The summed E-state index contributed by atoms with van der Waals surface area (Å²) in [6, 6.07) is 6.25. The molecule has 1 amide bonds. The first-order valence-electron chi connectivity index (χ1n) is 6.31. The predicted molar refractivity (Wildman–Crippen MR) is 80.8 cm³/mol. The van der Waals surface area contributed by atoms with E-state index in [1.54, 1.807) is 7.05 Å². The maximum atomic E-state index is 12.0. The van der Waals surface area contributed by atoms with Crippen LogP contribution in [0.1, 0.15) is 18.4 Å². The number of nitrogens with one attached hydrogen (secondary N) is 2. The van der Waals surface area contributed by atoms with E-state index < -0.39 is 6.10 Å². The number of amidine groups is 1. The maximum absolute atomic E-state index is 12.0. The number of carbonyl (C=O) groups excluding carboxylic acids is 1. The minimum atomic E-state index is -0.556. The molecule has 6 heteroatoms. The van der Waals surface area contributed by atoms with Gasteiger partial charge in [-0.05, 0) is 17.7 Å². The van der Waals surface area contributed by atoms with Crippen molar-refractivity contribution in [3.8, 4) is 0 Å². The van der Waals surface area contributed by atoms with E-state index in [4.69, 9.17) is 4.74 Å². The Morgan fingerprint density at radius 2 is 2.25 bits per heavy atom. The van der Waals surface area contributed by atoms with E-state index in [0.29, 0.717) is 0 Å². The highest BCUT2D eigenvalue weighted by atomic mass is 79.9. The molecule has 5 nitrogen and oxygen atoms in total. The first-order valence-corrected chi connectivity index (χ1v) is 7.11. The highest BCUT2D eigenvalue weighted by Crippen LogP contribution is 2.34. The van der Waals surface area contributed by atoms with E-state index in [2.05, 4.69) is 31.2 Å². The average molecular weight is 336 g/mol. The number of fused-ring (bicyclic) bond motifs is 1. The number of ether oxygens (including phenoxy) is 1. The number of aromatic nitrogens is 1. The molecule has 0 saturated carbocycles. The first kappa shape index (κ1) is 13.2. The molecule has 1 fully saturated rings.